The minimum atomic E-state index is -0.700. The zero-order valence-electron chi connectivity index (χ0n) is 23.0. The first-order valence-electron chi connectivity index (χ1n) is 12.8. The van der Waals surface area contributed by atoms with E-state index in [2.05, 4.69) is 16.9 Å². The molecule has 1 atom stereocenters. The van der Waals surface area contributed by atoms with Crippen LogP contribution in [0.2, 0.25) is 0 Å². The number of nitrogens with two attached hydrogens (primary N) is 1. The van der Waals surface area contributed by atoms with Gasteiger partial charge < -0.3 is 25.3 Å². The molecule has 10 nitrogen and oxygen atoms in total. The molecule has 0 aliphatic heterocycles. The topological polar surface area (TPSA) is 131 Å². The normalized spacial score (nSPS) is 11.8. The van der Waals surface area contributed by atoms with E-state index >= 15 is 0 Å². The third-order valence-corrected chi connectivity index (χ3v) is 6.27. The third-order valence-electron chi connectivity index (χ3n) is 6.27. The number of carbonyl (C=O) groups is 2. The Hall–Kier alpha value is -4.70. The highest BCUT2D eigenvalue weighted by Gasteiger charge is 2.19. The van der Waals surface area contributed by atoms with Gasteiger partial charge in [-0.05, 0) is 53.8 Å². The summed E-state index contributed by atoms with van der Waals surface area (Å²) < 4.78 is 18.1. The van der Waals surface area contributed by atoms with Crippen LogP contribution in [-0.4, -0.2) is 46.7 Å². The SMILES string of the molecule is C=CC(=O)Nc1cc(OC)cc(-c2cnc3c(c2)c(-c2ccnc(OC)c2)cn3COC(=O)[C@@H](N)CC(C)C)c1. The number of ether oxygens (including phenoxy) is 3. The second kappa shape index (κ2) is 12.4. The number of fused-ring (bicyclic) bond motifs is 1. The molecule has 0 radical (unpaired) electrons. The van der Waals surface area contributed by atoms with Gasteiger partial charge in [0.15, 0.2) is 6.73 Å². The maximum Gasteiger partial charge on any atom is 0.324 e. The monoisotopic (exact) mass is 543 g/mol. The van der Waals surface area contributed by atoms with Gasteiger partial charge in [0.05, 0.1) is 14.2 Å². The number of rotatable bonds is 11. The van der Waals surface area contributed by atoms with E-state index in [-0.39, 0.29) is 18.6 Å². The minimum absolute atomic E-state index is 0.0490. The Morgan fingerprint density at radius 3 is 2.58 bits per heavy atom. The molecule has 0 bridgehead atoms. The average molecular weight is 544 g/mol. The predicted octanol–water partition coefficient (Wildman–Crippen LogP) is 4.78. The molecule has 0 unspecified atom stereocenters. The van der Waals surface area contributed by atoms with Crippen LogP contribution in [0.5, 0.6) is 11.6 Å². The lowest BCUT2D eigenvalue weighted by Crippen LogP contribution is -2.33. The van der Waals surface area contributed by atoms with E-state index in [1.807, 2.05) is 50.4 Å². The van der Waals surface area contributed by atoms with Gasteiger partial charge in [0.25, 0.3) is 0 Å². The van der Waals surface area contributed by atoms with Crippen molar-refractivity contribution in [1.82, 2.24) is 14.5 Å². The van der Waals surface area contributed by atoms with Gasteiger partial charge in [-0.25, -0.2) is 9.97 Å². The Kier molecular flexibility index (Phi) is 8.80. The highest BCUT2D eigenvalue weighted by molar-refractivity contribution is 6.00. The summed E-state index contributed by atoms with van der Waals surface area (Å²) in [6.45, 7) is 7.46. The maximum absolute atomic E-state index is 12.5. The molecule has 0 spiro atoms. The molecule has 0 saturated heterocycles. The van der Waals surface area contributed by atoms with E-state index < -0.39 is 12.0 Å². The summed E-state index contributed by atoms with van der Waals surface area (Å²) in [4.78, 5) is 33.4. The first kappa shape index (κ1) is 28.3. The number of benzene rings is 1. The number of hydrogen-bond acceptors (Lipinski definition) is 8. The Morgan fingerprint density at radius 1 is 1.07 bits per heavy atom. The molecule has 0 fully saturated rings. The van der Waals surface area contributed by atoms with Crippen LogP contribution in [-0.2, 0) is 21.1 Å². The quantitative estimate of drug-likeness (QED) is 0.204. The molecule has 3 N–H and O–H groups in total. The fourth-order valence-corrected chi connectivity index (χ4v) is 4.34. The zero-order valence-corrected chi connectivity index (χ0v) is 23.0. The molecule has 3 heterocycles. The standard InChI is InChI=1S/C30H33N5O5/c1-6-27(36)34-22-10-20(11-23(14-22)38-4)21-12-24-25(19-7-8-32-28(13-19)39-5)16-35(29(24)33-15-21)17-40-30(37)26(31)9-18(2)3/h6-8,10-16,18,26H,1,9,17,31H2,2-5H3,(H,34,36)/t26-/m0/s1. The van der Waals surface area contributed by atoms with Crippen molar-refractivity contribution in [2.75, 3.05) is 19.5 Å². The number of pyridine rings is 2. The fraction of sp³-hybridized carbons (Fsp3) is 0.267. The van der Waals surface area contributed by atoms with E-state index in [4.69, 9.17) is 24.9 Å². The Balaban J connectivity index is 1.78. The summed E-state index contributed by atoms with van der Waals surface area (Å²) in [6, 6.07) is 10.4. The van der Waals surface area contributed by atoms with Gasteiger partial charge in [0.2, 0.25) is 11.8 Å². The highest BCUT2D eigenvalue weighted by atomic mass is 16.5. The summed E-state index contributed by atoms with van der Waals surface area (Å²) in [5.41, 5.74) is 10.5. The van der Waals surface area contributed by atoms with Crippen LogP contribution in [0, 0.1) is 5.92 Å². The summed E-state index contributed by atoms with van der Waals surface area (Å²) in [5.74, 6) is 0.499. The highest BCUT2D eigenvalue weighted by Crippen LogP contribution is 2.35. The Bertz CT molecular complexity index is 1550. The van der Waals surface area contributed by atoms with E-state index in [1.165, 1.54) is 6.08 Å². The number of esters is 1. The molecule has 1 aromatic carbocycles. The Morgan fingerprint density at radius 2 is 1.88 bits per heavy atom. The number of amides is 1. The lowest BCUT2D eigenvalue weighted by Gasteiger charge is -2.14. The van der Waals surface area contributed by atoms with Gasteiger partial charge >= 0.3 is 5.97 Å². The van der Waals surface area contributed by atoms with Crippen molar-refractivity contribution in [3.8, 4) is 33.9 Å². The molecular formula is C30H33N5O5. The van der Waals surface area contributed by atoms with Gasteiger partial charge in [0, 0.05) is 52.9 Å². The minimum Gasteiger partial charge on any atom is -0.497 e. The van der Waals surface area contributed by atoms with Crippen LogP contribution in [0.3, 0.4) is 0 Å². The van der Waals surface area contributed by atoms with Crippen molar-refractivity contribution in [2.24, 2.45) is 11.7 Å². The number of hydrogen-bond donors (Lipinski definition) is 2. The van der Waals surface area contributed by atoms with Crippen LogP contribution in [0.1, 0.15) is 20.3 Å². The van der Waals surface area contributed by atoms with Crippen molar-refractivity contribution in [3.63, 3.8) is 0 Å². The zero-order chi connectivity index (χ0) is 28.8. The molecule has 4 rings (SSSR count). The maximum atomic E-state index is 12.5. The van der Waals surface area contributed by atoms with E-state index in [1.54, 1.807) is 37.2 Å². The molecule has 0 saturated carbocycles. The fourth-order valence-electron chi connectivity index (χ4n) is 4.34. The van der Waals surface area contributed by atoms with Crippen molar-refractivity contribution < 1.29 is 23.8 Å². The molecule has 0 aliphatic rings. The Labute approximate surface area is 232 Å². The lowest BCUT2D eigenvalue weighted by molar-refractivity contribution is -0.149. The molecule has 3 aromatic heterocycles. The van der Waals surface area contributed by atoms with Gasteiger partial charge in [-0.15, -0.1) is 0 Å². The molecule has 10 heteroatoms. The largest absolute Gasteiger partial charge is 0.497 e. The van der Waals surface area contributed by atoms with Crippen LogP contribution in [0.15, 0.2) is 67.6 Å². The van der Waals surface area contributed by atoms with Crippen LogP contribution in [0.25, 0.3) is 33.3 Å². The number of carbonyl (C=O) groups excluding carboxylic acids is 2. The van der Waals surface area contributed by atoms with Gasteiger partial charge in [-0.1, -0.05) is 20.4 Å². The van der Waals surface area contributed by atoms with Crippen molar-refractivity contribution in [1.29, 1.82) is 0 Å². The smallest absolute Gasteiger partial charge is 0.324 e. The van der Waals surface area contributed by atoms with Crippen molar-refractivity contribution in [2.45, 2.75) is 33.0 Å². The number of anilines is 1. The van der Waals surface area contributed by atoms with Crippen LogP contribution < -0.4 is 20.5 Å². The summed E-state index contributed by atoms with van der Waals surface area (Å²) in [7, 11) is 3.11. The molecule has 4 aromatic rings. The van der Waals surface area contributed by atoms with E-state index in [0.29, 0.717) is 29.4 Å². The summed E-state index contributed by atoms with van der Waals surface area (Å²) in [6.07, 6.45) is 6.99. The van der Waals surface area contributed by atoms with E-state index in [0.717, 1.165) is 27.6 Å². The summed E-state index contributed by atoms with van der Waals surface area (Å²) in [5, 5.41) is 3.59. The predicted molar refractivity (Wildman–Crippen MR) is 154 cm³/mol. The molecule has 0 aliphatic carbocycles. The first-order chi connectivity index (χ1) is 19.2. The van der Waals surface area contributed by atoms with Crippen molar-refractivity contribution in [3.05, 3.63) is 67.6 Å². The number of aromatic nitrogens is 3. The first-order valence-corrected chi connectivity index (χ1v) is 12.8. The van der Waals surface area contributed by atoms with Gasteiger partial charge in [-0.2, -0.15) is 0 Å². The van der Waals surface area contributed by atoms with Crippen molar-refractivity contribution >= 4 is 28.6 Å². The van der Waals surface area contributed by atoms with E-state index in [9.17, 15) is 9.59 Å². The second-order valence-corrected chi connectivity index (χ2v) is 9.67. The van der Waals surface area contributed by atoms with Crippen LogP contribution >= 0.6 is 0 Å². The third kappa shape index (κ3) is 6.47. The number of nitrogens with zero attached hydrogens (tertiary/aromatic N) is 3. The van der Waals surface area contributed by atoms with Gasteiger partial charge in [0.1, 0.15) is 17.4 Å². The lowest BCUT2D eigenvalue weighted by atomic mass is 10.0. The molecule has 208 valence electrons. The average Bonchev–Trinajstić information content (AvgIpc) is 3.33. The number of nitrogens with one attached hydrogen (secondary N) is 1. The molecular weight excluding hydrogens is 510 g/mol. The van der Waals surface area contributed by atoms with Crippen LogP contribution in [0.4, 0.5) is 5.69 Å². The number of methoxy groups -OCH3 is 2. The molecule has 1 amide bonds. The second-order valence-electron chi connectivity index (χ2n) is 9.67. The van der Waals surface area contributed by atoms with Gasteiger partial charge in [-0.3, -0.25) is 14.2 Å². The molecule has 40 heavy (non-hydrogen) atoms. The summed E-state index contributed by atoms with van der Waals surface area (Å²) >= 11 is 0.